The Balaban J connectivity index is 1.72. The number of nitrogens with one attached hydrogen (secondary N) is 1. The molecule has 30 heavy (non-hydrogen) atoms. The third kappa shape index (κ3) is 5.67. The van der Waals surface area contributed by atoms with Gasteiger partial charge in [-0.15, -0.1) is 0 Å². The maximum absolute atomic E-state index is 13.1. The number of nitrogens with zero attached hydrogens (tertiary/aromatic N) is 1. The number of hydrogen-bond donors (Lipinski definition) is 1. The molecule has 162 valence electrons. The van der Waals surface area contributed by atoms with E-state index >= 15 is 0 Å². The minimum absolute atomic E-state index is 0.0132. The summed E-state index contributed by atoms with van der Waals surface area (Å²) in [6.07, 6.45) is -0.998. The van der Waals surface area contributed by atoms with Crippen molar-refractivity contribution in [1.82, 2.24) is 4.90 Å². The van der Waals surface area contributed by atoms with Crippen molar-refractivity contribution in [2.75, 3.05) is 31.6 Å². The highest BCUT2D eigenvalue weighted by molar-refractivity contribution is 6.31. The Morgan fingerprint density at radius 3 is 2.60 bits per heavy atom. The van der Waals surface area contributed by atoms with Crippen molar-refractivity contribution < 1.29 is 22.7 Å². The highest BCUT2D eigenvalue weighted by Crippen LogP contribution is 2.36. The number of piperidine rings is 1. The summed E-state index contributed by atoms with van der Waals surface area (Å²) < 4.78 is 45.1. The van der Waals surface area contributed by atoms with Crippen molar-refractivity contribution in [2.24, 2.45) is 0 Å². The summed E-state index contributed by atoms with van der Waals surface area (Å²) in [6, 6.07) is 8.52. The van der Waals surface area contributed by atoms with Gasteiger partial charge in [-0.1, -0.05) is 30.2 Å². The molecule has 3 rings (SSSR count). The van der Waals surface area contributed by atoms with E-state index in [-0.39, 0.29) is 5.69 Å². The number of carbonyl (C=O) groups excluding carboxylic acids is 1. The van der Waals surface area contributed by atoms with Gasteiger partial charge in [0, 0.05) is 12.2 Å². The summed E-state index contributed by atoms with van der Waals surface area (Å²) in [5.74, 6) is -0.119. The molecule has 1 N–H and O–H groups in total. The molecule has 0 spiro atoms. The van der Waals surface area contributed by atoms with Crippen LogP contribution in [0.2, 0.25) is 5.02 Å². The fourth-order valence-corrected chi connectivity index (χ4v) is 3.76. The zero-order valence-corrected chi connectivity index (χ0v) is 17.4. The summed E-state index contributed by atoms with van der Waals surface area (Å²) in [7, 11) is 0. The second kappa shape index (κ2) is 9.71. The van der Waals surface area contributed by atoms with Crippen LogP contribution in [0.1, 0.15) is 40.7 Å². The molecule has 1 heterocycles. The first-order valence-corrected chi connectivity index (χ1v) is 10.3. The monoisotopic (exact) mass is 440 g/mol. The van der Waals surface area contributed by atoms with Gasteiger partial charge in [0.15, 0.2) is 0 Å². The number of aryl methyl sites for hydroxylation is 1. The molecule has 1 amide bonds. The van der Waals surface area contributed by atoms with Gasteiger partial charge >= 0.3 is 6.18 Å². The van der Waals surface area contributed by atoms with Gasteiger partial charge in [0.2, 0.25) is 0 Å². The molecule has 0 unspecified atom stereocenters. The average Bonchev–Trinajstić information content (AvgIpc) is 2.69. The van der Waals surface area contributed by atoms with Crippen LogP contribution in [0.3, 0.4) is 0 Å². The van der Waals surface area contributed by atoms with E-state index in [0.29, 0.717) is 23.5 Å². The first-order chi connectivity index (χ1) is 14.3. The number of halogens is 4. The topological polar surface area (TPSA) is 41.6 Å². The summed E-state index contributed by atoms with van der Waals surface area (Å²) in [4.78, 5) is 15.2. The number of hydrogen-bond acceptors (Lipinski definition) is 3. The Labute approximate surface area is 179 Å². The molecule has 2 aromatic carbocycles. The maximum Gasteiger partial charge on any atom is 0.417 e. The van der Waals surface area contributed by atoms with Gasteiger partial charge < -0.3 is 10.1 Å². The van der Waals surface area contributed by atoms with Crippen molar-refractivity contribution in [3.05, 3.63) is 58.1 Å². The lowest BCUT2D eigenvalue weighted by atomic mass is 10.1. The summed E-state index contributed by atoms with van der Waals surface area (Å²) in [5, 5.41) is 2.11. The van der Waals surface area contributed by atoms with Crippen LogP contribution in [0.25, 0.3) is 0 Å². The SMILES string of the molecule is Cc1cccc(OCCN2CCCCC2)c1C(=O)Nc1ccc(Cl)c(C(F)(F)F)c1. The molecule has 1 aliphatic heterocycles. The number of carbonyl (C=O) groups is 1. The van der Waals surface area contributed by atoms with Crippen LogP contribution in [0.5, 0.6) is 5.75 Å². The Morgan fingerprint density at radius 2 is 1.90 bits per heavy atom. The van der Waals surface area contributed by atoms with E-state index in [1.807, 2.05) is 0 Å². The molecule has 1 aliphatic rings. The number of alkyl halides is 3. The zero-order chi connectivity index (χ0) is 21.7. The highest BCUT2D eigenvalue weighted by atomic mass is 35.5. The first kappa shape index (κ1) is 22.4. The second-order valence-corrected chi connectivity index (χ2v) is 7.75. The Bertz CT molecular complexity index is 896. The minimum Gasteiger partial charge on any atom is -0.491 e. The Morgan fingerprint density at radius 1 is 1.17 bits per heavy atom. The van der Waals surface area contributed by atoms with Gasteiger partial charge in [-0.3, -0.25) is 9.69 Å². The van der Waals surface area contributed by atoms with Crippen LogP contribution in [0, 0.1) is 6.92 Å². The van der Waals surface area contributed by atoms with Crippen molar-refractivity contribution in [2.45, 2.75) is 32.4 Å². The first-order valence-electron chi connectivity index (χ1n) is 9.88. The Kier molecular flexibility index (Phi) is 7.26. The third-order valence-electron chi connectivity index (χ3n) is 5.11. The Hall–Kier alpha value is -2.25. The summed E-state index contributed by atoms with van der Waals surface area (Å²) >= 11 is 5.65. The predicted octanol–water partition coefficient (Wildman–Crippen LogP) is 5.78. The molecule has 0 radical (unpaired) electrons. The highest BCUT2D eigenvalue weighted by Gasteiger charge is 2.33. The minimum atomic E-state index is -4.61. The van der Waals surface area contributed by atoms with Gasteiger partial charge in [0.05, 0.1) is 16.1 Å². The van der Waals surface area contributed by atoms with Crippen molar-refractivity contribution >= 4 is 23.2 Å². The number of rotatable bonds is 6. The van der Waals surface area contributed by atoms with E-state index in [0.717, 1.165) is 31.8 Å². The van der Waals surface area contributed by atoms with Gasteiger partial charge in [-0.05, 0) is 62.7 Å². The fraction of sp³-hybridized carbons (Fsp3) is 0.409. The fourth-order valence-electron chi connectivity index (χ4n) is 3.53. The van der Waals surface area contributed by atoms with Crippen molar-refractivity contribution in [3.63, 3.8) is 0 Å². The van der Waals surface area contributed by atoms with Crippen LogP contribution >= 0.6 is 11.6 Å². The number of anilines is 1. The molecule has 8 heteroatoms. The maximum atomic E-state index is 13.1. The lowest BCUT2D eigenvalue weighted by Gasteiger charge is -2.26. The second-order valence-electron chi connectivity index (χ2n) is 7.35. The molecule has 0 bridgehead atoms. The van der Waals surface area contributed by atoms with E-state index in [4.69, 9.17) is 16.3 Å². The smallest absolute Gasteiger partial charge is 0.417 e. The number of likely N-dealkylation sites (tertiary alicyclic amines) is 1. The summed E-state index contributed by atoms with van der Waals surface area (Å²) in [5.41, 5.74) is -0.00312. The normalized spacial score (nSPS) is 15.1. The standard InChI is InChI=1S/C22H24ClF3N2O2/c1-15-6-5-7-19(30-13-12-28-10-3-2-4-11-28)20(15)21(29)27-16-8-9-18(23)17(14-16)22(24,25)26/h5-9,14H,2-4,10-13H2,1H3,(H,27,29). The molecule has 0 atom stereocenters. The van der Waals surface area contributed by atoms with Crippen LogP contribution < -0.4 is 10.1 Å². The lowest BCUT2D eigenvalue weighted by molar-refractivity contribution is -0.137. The largest absolute Gasteiger partial charge is 0.491 e. The molecule has 0 aliphatic carbocycles. The predicted molar refractivity (Wildman–Crippen MR) is 111 cm³/mol. The number of amides is 1. The van der Waals surface area contributed by atoms with E-state index in [1.165, 1.54) is 25.3 Å². The van der Waals surface area contributed by atoms with Gasteiger partial charge in [-0.25, -0.2) is 0 Å². The van der Waals surface area contributed by atoms with E-state index in [2.05, 4.69) is 10.2 Å². The molecule has 4 nitrogen and oxygen atoms in total. The van der Waals surface area contributed by atoms with Crippen molar-refractivity contribution in [3.8, 4) is 5.75 Å². The number of ether oxygens (including phenoxy) is 1. The van der Waals surface area contributed by atoms with E-state index in [1.54, 1.807) is 25.1 Å². The third-order valence-corrected chi connectivity index (χ3v) is 5.43. The van der Waals surface area contributed by atoms with Crippen LogP contribution in [-0.2, 0) is 6.18 Å². The molecule has 0 aromatic heterocycles. The molecular weight excluding hydrogens is 417 g/mol. The van der Waals surface area contributed by atoms with Crippen LogP contribution in [0.4, 0.5) is 18.9 Å². The number of benzene rings is 2. The molecule has 1 saturated heterocycles. The van der Waals surface area contributed by atoms with Crippen LogP contribution in [-0.4, -0.2) is 37.0 Å². The van der Waals surface area contributed by atoms with Gasteiger partial charge in [0.1, 0.15) is 12.4 Å². The van der Waals surface area contributed by atoms with E-state index < -0.39 is 22.7 Å². The van der Waals surface area contributed by atoms with Gasteiger partial charge in [-0.2, -0.15) is 13.2 Å². The van der Waals surface area contributed by atoms with E-state index in [9.17, 15) is 18.0 Å². The molecule has 0 saturated carbocycles. The molecular formula is C22H24ClF3N2O2. The van der Waals surface area contributed by atoms with Crippen LogP contribution in [0.15, 0.2) is 36.4 Å². The summed E-state index contributed by atoms with van der Waals surface area (Å²) in [6.45, 7) is 5.05. The molecule has 2 aromatic rings. The zero-order valence-electron chi connectivity index (χ0n) is 16.7. The average molecular weight is 441 g/mol. The lowest BCUT2D eigenvalue weighted by Crippen LogP contribution is -2.33. The van der Waals surface area contributed by atoms with Crippen molar-refractivity contribution in [1.29, 1.82) is 0 Å². The molecule has 1 fully saturated rings. The van der Waals surface area contributed by atoms with Gasteiger partial charge in [0.25, 0.3) is 5.91 Å². The quantitative estimate of drug-likeness (QED) is 0.618.